The zero-order chi connectivity index (χ0) is 34.1. The molecule has 0 saturated heterocycles. The zero-order valence-corrected chi connectivity index (χ0v) is 26.8. The van der Waals surface area contributed by atoms with E-state index in [0.29, 0.717) is 35.2 Å². The Morgan fingerprint density at radius 2 is 1.66 bits per heavy atom. The Balaban J connectivity index is 1.61. The minimum Gasteiger partial charge on any atom is -0.390 e. The fraction of sp³-hybridized carbons (Fsp3) is 0.316. The molecular weight excluding hydrogens is 608 g/mol. The van der Waals surface area contributed by atoms with Crippen LogP contribution in [0.25, 0.3) is 0 Å². The van der Waals surface area contributed by atoms with Gasteiger partial charge in [-0.3, -0.25) is 14.5 Å². The van der Waals surface area contributed by atoms with Crippen molar-refractivity contribution >= 4 is 23.2 Å². The van der Waals surface area contributed by atoms with Gasteiger partial charge in [0.05, 0.1) is 28.7 Å². The number of hydrogen-bond donors (Lipinski definition) is 2. The van der Waals surface area contributed by atoms with Crippen LogP contribution in [0.4, 0.5) is 28.9 Å². The maximum absolute atomic E-state index is 15.3. The highest BCUT2D eigenvalue weighted by Crippen LogP contribution is 2.44. The summed E-state index contributed by atoms with van der Waals surface area (Å²) in [5.74, 6) is -2.84. The Morgan fingerprint density at radius 1 is 0.957 bits per heavy atom. The van der Waals surface area contributed by atoms with E-state index < -0.39 is 46.9 Å². The Labute approximate surface area is 272 Å². The highest BCUT2D eigenvalue weighted by molar-refractivity contribution is 6.09. The lowest BCUT2D eigenvalue weighted by Gasteiger charge is -2.42. The number of nitrogens with zero attached hydrogens (tertiary/aromatic N) is 1. The van der Waals surface area contributed by atoms with Crippen molar-refractivity contribution in [3.63, 3.8) is 0 Å². The van der Waals surface area contributed by atoms with Crippen molar-refractivity contribution in [2.75, 3.05) is 10.2 Å². The molecular formula is C38H38F4N2O3. The first-order valence-corrected chi connectivity index (χ1v) is 15.7. The Morgan fingerprint density at radius 3 is 2.30 bits per heavy atom. The molecule has 0 radical (unpaired) electrons. The van der Waals surface area contributed by atoms with E-state index in [1.807, 2.05) is 24.3 Å². The molecule has 1 aliphatic heterocycles. The predicted octanol–water partition coefficient (Wildman–Crippen LogP) is 8.62. The molecule has 5 nitrogen and oxygen atoms in total. The summed E-state index contributed by atoms with van der Waals surface area (Å²) in [6, 6.07) is 21.6. The first kappa shape index (κ1) is 33.9. The van der Waals surface area contributed by atoms with E-state index in [1.165, 1.54) is 29.2 Å². The number of hydrogen-bond acceptors (Lipinski definition) is 3. The van der Waals surface area contributed by atoms with E-state index in [1.54, 1.807) is 58.0 Å². The van der Waals surface area contributed by atoms with Crippen LogP contribution in [0.3, 0.4) is 0 Å². The van der Waals surface area contributed by atoms with Crippen LogP contribution < -0.4 is 10.2 Å². The second-order valence-electron chi connectivity index (χ2n) is 12.8. The molecule has 246 valence electrons. The number of anilines is 2. The normalized spacial score (nSPS) is 16.5. The Bertz CT molecular complexity index is 1760. The van der Waals surface area contributed by atoms with E-state index in [0.717, 1.165) is 11.6 Å². The molecule has 0 aliphatic carbocycles. The average Bonchev–Trinajstić information content (AvgIpc) is 3.02. The maximum atomic E-state index is 15.3. The van der Waals surface area contributed by atoms with Gasteiger partial charge >= 0.3 is 6.18 Å². The van der Waals surface area contributed by atoms with Crippen LogP contribution in [0, 0.1) is 18.7 Å². The lowest BCUT2D eigenvalue weighted by Crippen LogP contribution is -2.47. The SMILES string of the molecule is CCc1ccc(NC(=O)[C@H]2Cc3ccccc3N(C(=O)c3c(C)cccc3F)C2c2ccc(CCC(C)(C)O)cc2)cc1C(F)(F)F. The first-order valence-electron chi connectivity index (χ1n) is 15.7. The standard InChI is InChI=1S/C38H38F4N2O3/c1-5-25-17-18-28(22-30(25)38(40,41)42)43-35(45)29-21-27-10-6-7-12-32(27)44(36(46)33-23(2)9-8-11-31(33)39)34(29)26-15-13-24(14-16-26)19-20-37(3,4)47/h6-18,22,29,34,47H,5,19-21H2,1-4H3,(H,43,45)/t29-,34?/m0/s1. The summed E-state index contributed by atoms with van der Waals surface area (Å²) >= 11 is 0. The second-order valence-corrected chi connectivity index (χ2v) is 12.8. The van der Waals surface area contributed by atoms with Gasteiger partial charge in [0.1, 0.15) is 5.82 Å². The number of carbonyl (C=O) groups excluding carboxylic acids is 2. The third-order valence-corrected chi connectivity index (χ3v) is 8.75. The molecule has 1 unspecified atom stereocenters. The minimum absolute atomic E-state index is 0.0121. The van der Waals surface area contributed by atoms with Gasteiger partial charge in [-0.1, -0.05) is 67.6 Å². The molecule has 4 aromatic rings. The fourth-order valence-corrected chi connectivity index (χ4v) is 6.27. The van der Waals surface area contributed by atoms with Crippen LogP contribution in [-0.4, -0.2) is 22.5 Å². The van der Waals surface area contributed by atoms with E-state index in [-0.39, 0.29) is 29.7 Å². The number of halogens is 4. The van der Waals surface area contributed by atoms with Crippen LogP contribution in [0.1, 0.15) is 77.0 Å². The number of nitrogens with one attached hydrogen (secondary N) is 1. The van der Waals surface area contributed by atoms with Crippen LogP contribution in [0.2, 0.25) is 0 Å². The lowest BCUT2D eigenvalue weighted by molar-refractivity contribution is -0.138. The molecule has 0 spiro atoms. The number of fused-ring (bicyclic) bond motifs is 1. The summed E-state index contributed by atoms with van der Waals surface area (Å²) in [4.78, 5) is 30.0. The predicted molar refractivity (Wildman–Crippen MR) is 175 cm³/mol. The average molecular weight is 647 g/mol. The number of carbonyl (C=O) groups is 2. The van der Waals surface area contributed by atoms with Gasteiger partial charge in [0, 0.05) is 11.4 Å². The number of alkyl halides is 3. The number of para-hydroxylation sites is 1. The zero-order valence-electron chi connectivity index (χ0n) is 26.8. The van der Waals surface area contributed by atoms with Gasteiger partial charge in [0.15, 0.2) is 0 Å². The third kappa shape index (κ3) is 7.41. The van der Waals surface area contributed by atoms with Crippen molar-refractivity contribution in [3.05, 3.63) is 130 Å². The summed E-state index contributed by atoms with van der Waals surface area (Å²) in [7, 11) is 0. The number of benzene rings is 4. The van der Waals surface area contributed by atoms with Crippen LogP contribution in [0.15, 0.2) is 84.9 Å². The molecule has 2 amide bonds. The van der Waals surface area contributed by atoms with E-state index in [9.17, 15) is 27.9 Å². The summed E-state index contributed by atoms with van der Waals surface area (Å²) in [6.45, 7) is 6.73. The summed E-state index contributed by atoms with van der Waals surface area (Å²) in [6.07, 6.45) is -3.14. The quantitative estimate of drug-likeness (QED) is 0.188. The van der Waals surface area contributed by atoms with Gasteiger partial charge < -0.3 is 10.4 Å². The van der Waals surface area contributed by atoms with Crippen LogP contribution in [0.5, 0.6) is 0 Å². The molecule has 1 heterocycles. The number of aliphatic hydroxyl groups is 1. The minimum atomic E-state index is -4.60. The van der Waals surface area contributed by atoms with Crippen molar-refractivity contribution in [2.45, 2.75) is 71.2 Å². The number of aryl methyl sites for hydroxylation is 3. The summed E-state index contributed by atoms with van der Waals surface area (Å²) in [5.41, 5.74) is 1.45. The summed E-state index contributed by atoms with van der Waals surface area (Å²) < 4.78 is 56.9. The third-order valence-electron chi connectivity index (χ3n) is 8.75. The fourth-order valence-electron chi connectivity index (χ4n) is 6.27. The number of rotatable bonds is 8. The molecule has 0 aromatic heterocycles. The molecule has 9 heteroatoms. The Kier molecular flexibility index (Phi) is 9.59. The van der Waals surface area contributed by atoms with E-state index >= 15 is 4.39 Å². The van der Waals surface area contributed by atoms with Gasteiger partial charge in [-0.2, -0.15) is 13.2 Å². The molecule has 5 rings (SSSR count). The van der Waals surface area contributed by atoms with Gasteiger partial charge in [0.25, 0.3) is 5.91 Å². The molecule has 1 aliphatic rings. The van der Waals surface area contributed by atoms with Gasteiger partial charge in [0.2, 0.25) is 5.91 Å². The van der Waals surface area contributed by atoms with Crippen molar-refractivity contribution in [1.82, 2.24) is 0 Å². The van der Waals surface area contributed by atoms with Crippen LogP contribution in [-0.2, 0) is 30.2 Å². The molecule has 0 fully saturated rings. The number of amides is 2. The highest BCUT2D eigenvalue weighted by atomic mass is 19.4. The molecule has 4 aromatic carbocycles. The van der Waals surface area contributed by atoms with Crippen molar-refractivity contribution in [3.8, 4) is 0 Å². The molecule has 0 saturated carbocycles. The van der Waals surface area contributed by atoms with Crippen molar-refractivity contribution < 1.29 is 32.3 Å². The first-order chi connectivity index (χ1) is 22.2. The Hall–Kier alpha value is -4.50. The van der Waals surface area contributed by atoms with Gasteiger partial charge in [-0.15, -0.1) is 0 Å². The smallest absolute Gasteiger partial charge is 0.390 e. The monoisotopic (exact) mass is 646 g/mol. The van der Waals surface area contributed by atoms with Crippen molar-refractivity contribution in [1.29, 1.82) is 0 Å². The van der Waals surface area contributed by atoms with E-state index in [2.05, 4.69) is 5.32 Å². The van der Waals surface area contributed by atoms with Gasteiger partial charge in [-0.25, -0.2) is 4.39 Å². The molecule has 0 bridgehead atoms. The molecule has 2 N–H and O–H groups in total. The van der Waals surface area contributed by atoms with Crippen LogP contribution >= 0.6 is 0 Å². The lowest BCUT2D eigenvalue weighted by atomic mass is 9.80. The maximum Gasteiger partial charge on any atom is 0.416 e. The highest BCUT2D eigenvalue weighted by Gasteiger charge is 2.43. The van der Waals surface area contributed by atoms with Gasteiger partial charge in [-0.05, 0) is 98.5 Å². The topological polar surface area (TPSA) is 69.6 Å². The molecule has 47 heavy (non-hydrogen) atoms. The summed E-state index contributed by atoms with van der Waals surface area (Å²) in [5, 5.41) is 12.9. The largest absolute Gasteiger partial charge is 0.416 e. The second kappa shape index (κ2) is 13.3. The molecule has 2 atom stereocenters. The van der Waals surface area contributed by atoms with Crippen molar-refractivity contribution in [2.24, 2.45) is 5.92 Å². The van der Waals surface area contributed by atoms with E-state index in [4.69, 9.17) is 0 Å².